The van der Waals surface area contributed by atoms with Crippen molar-refractivity contribution in [2.75, 3.05) is 6.61 Å². The number of phenols is 1. The SMILES string of the molecule is O=C(NCc1ccc(C#CCO)s1)c1cc(Br)ccc1O. The summed E-state index contributed by atoms with van der Waals surface area (Å²) in [6, 6.07) is 8.40. The summed E-state index contributed by atoms with van der Waals surface area (Å²) in [5.74, 6) is 4.98. The number of aromatic hydroxyl groups is 1. The second-order valence-electron chi connectivity index (χ2n) is 4.07. The molecule has 0 spiro atoms. The van der Waals surface area contributed by atoms with Crippen molar-refractivity contribution >= 4 is 33.2 Å². The van der Waals surface area contributed by atoms with E-state index in [4.69, 9.17) is 5.11 Å². The zero-order chi connectivity index (χ0) is 15.2. The molecule has 2 rings (SSSR count). The maximum absolute atomic E-state index is 12.0. The van der Waals surface area contributed by atoms with Gasteiger partial charge in [-0.2, -0.15) is 0 Å². The smallest absolute Gasteiger partial charge is 0.255 e. The normalized spacial score (nSPS) is 9.81. The van der Waals surface area contributed by atoms with Crippen LogP contribution in [0.5, 0.6) is 5.75 Å². The standard InChI is InChI=1S/C15H12BrNO3S/c16-10-3-6-14(19)13(8-10)15(20)17-9-12-5-4-11(21-12)2-1-7-18/h3-6,8,18-19H,7,9H2,(H,17,20). The molecule has 0 saturated carbocycles. The van der Waals surface area contributed by atoms with Crippen LogP contribution in [0.15, 0.2) is 34.8 Å². The lowest BCUT2D eigenvalue weighted by Gasteiger charge is -2.06. The Labute approximate surface area is 134 Å². The molecule has 0 aliphatic heterocycles. The molecule has 0 bridgehead atoms. The molecule has 108 valence electrons. The van der Waals surface area contributed by atoms with E-state index in [0.717, 1.165) is 14.2 Å². The Morgan fingerprint density at radius 2 is 2.14 bits per heavy atom. The van der Waals surface area contributed by atoms with Crippen LogP contribution in [0.25, 0.3) is 0 Å². The number of aliphatic hydroxyl groups is 1. The molecule has 4 nitrogen and oxygen atoms in total. The largest absolute Gasteiger partial charge is 0.507 e. The number of thiophene rings is 1. The van der Waals surface area contributed by atoms with Gasteiger partial charge in [-0.25, -0.2) is 0 Å². The van der Waals surface area contributed by atoms with Gasteiger partial charge in [0, 0.05) is 9.35 Å². The monoisotopic (exact) mass is 365 g/mol. The van der Waals surface area contributed by atoms with E-state index in [-0.39, 0.29) is 23.8 Å². The molecule has 2 aromatic rings. The molecule has 0 saturated heterocycles. The molecular weight excluding hydrogens is 354 g/mol. The van der Waals surface area contributed by atoms with Gasteiger partial charge < -0.3 is 15.5 Å². The average molecular weight is 366 g/mol. The van der Waals surface area contributed by atoms with E-state index in [1.165, 1.54) is 17.4 Å². The highest BCUT2D eigenvalue weighted by molar-refractivity contribution is 9.10. The van der Waals surface area contributed by atoms with E-state index in [1.54, 1.807) is 12.1 Å². The Morgan fingerprint density at radius 3 is 2.90 bits per heavy atom. The third-order valence-corrected chi connectivity index (χ3v) is 4.07. The van der Waals surface area contributed by atoms with E-state index in [9.17, 15) is 9.90 Å². The predicted octanol–water partition coefficient (Wildman–Crippen LogP) is 2.49. The Morgan fingerprint density at radius 1 is 1.33 bits per heavy atom. The Hall–Kier alpha value is -1.81. The molecule has 6 heteroatoms. The van der Waals surface area contributed by atoms with Crippen LogP contribution in [0.4, 0.5) is 0 Å². The number of benzene rings is 1. The fourth-order valence-corrected chi connectivity index (χ4v) is 2.80. The first kappa shape index (κ1) is 15.6. The molecule has 1 aromatic heterocycles. The number of rotatable bonds is 3. The molecule has 0 unspecified atom stereocenters. The van der Waals surface area contributed by atoms with Crippen molar-refractivity contribution < 1.29 is 15.0 Å². The summed E-state index contributed by atoms with van der Waals surface area (Å²) < 4.78 is 0.725. The number of hydrogen-bond acceptors (Lipinski definition) is 4. The maximum Gasteiger partial charge on any atom is 0.255 e. The van der Waals surface area contributed by atoms with Crippen molar-refractivity contribution in [1.29, 1.82) is 0 Å². The Balaban J connectivity index is 2.01. The number of hydrogen-bond donors (Lipinski definition) is 3. The topological polar surface area (TPSA) is 69.6 Å². The molecule has 1 heterocycles. The number of aliphatic hydroxyl groups excluding tert-OH is 1. The number of nitrogens with one attached hydrogen (secondary N) is 1. The number of phenolic OH excluding ortho intramolecular Hbond substituents is 1. The Kier molecular flexibility index (Phi) is 5.39. The van der Waals surface area contributed by atoms with Gasteiger partial charge in [-0.1, -0.05) is 27.8 Å². The van der Waals surface area contributed by atoms with Gasteiger partial charge in [0.15, 0.2) is 0 Å². The lowest BCUT2D eigenvalue weighted by molar-refractivity contribution is 0.0948. The van der Waals surface area contributed by atoms with Gasteiger partial charge in [0.25, 0.3) is 5.91 Å². The second kappa shape index (κ2) is 7.27. The molecule has 0 fully saturated rings. The summed E-state index contributed by atoms with van der Waals surface area (Å²) in [6.45, 7) is 0.183. The minimum atomic E-state index is -0.342. The van der Waals surface area contributed by atoms with E-state index in [2.05, 4.69) is 33.1 Å². The van der Waals surface area contributed by atoms with Crippen molar-refractivity contribution in [2.24, 2.45) is 0 Å². The average Bonchev–Trinajstić information content (AvgIpc) is 2.93. The van der Waals surface area contributed by atoms with Crippen LogP contribution in [-0.4, -0.2) is 22.7 Å². The van der Waals surface area contributed by atoms with Gasteiger partial charge >= 0.3 is 0 Å². The minimum Gasteiger partial charge on any atom is -0.507 e. The fraction of sp³-hybridized carbons (Fsp3) is 0.133. The van der Waals surface area contributed by atoms with Gasteiger partial charge in [0.05, 0.1) is 17.0 Å². The van der Waals surface area contributed by atoms with Crippen LogP contribution in [-0.2, 0) is 6.54 Å². The summed E-state index contributed by atoms with van der Waals surface area (Å²) in [6.07, 6.45) is 0. The van der Waals surface area contributed by atoms with Crippen molar-refractivity contribution in [3.05, 3.63) is 50.1 Å². The van der Waals surface area contributed by atoms with E-state index in [1.807, 2.05) is 12.1 Å². The minimum absolute atomic E-state index is 0.0589. The van der Waals surface area contributed by atoms with Crippen LogP contribution in [0.1, 0.15) is 20.1 Å². The zero-order valence-corrected chi connectivity index (χ0v) is 13.3. The lowest BCUT2D eigenvalue weighted by Crippen LogP contribution is -2.22. The summed E-state index contributed by atoms with van der Waals surface area (Å²) in [5.41, 5.74) is 0.223. The third kappa shape index (κ3) is 4.33. The highest BCUT2D eigenvalue weighted by Crippen LogP contribution is 2.22. The van der Waals surface area contributed by atoms with Crippen LogP contribution in [0.3, 0.4) is 0 Å². The molecular formula is C15H12BrNO3S. The first-order valence-corrected chi connectivity index (χ1v) is 7.66. The van der Waals surface area contributed by atoms with Gasteiger partial charge in [-0.15, -0.1) is 11.3 Å². The van der Waals surface area contributed by atoms with Gasteiger partial charge in [-0.05, 0) is 30.3 Å². The molecule has 1 aromatic carbocycles. The van der Waals surface area contributed by atoms with Crippen molar-refractivity contribution in [2.45, 2.75) is 6.54 Å². The third-order valence-electron chi connectivity index (χ3n) is 2.58. The molecule has 0 aliphatic rings. The number of halogens is 1. The van der Waals surface area contributed by atoms with E-state index in [0.29, 0.717) is 6.54 Å². The highest BCUT2D eigenvalue weighted by atomic mass is 79.9. The van der Waals surface area contributed by atoms with E-state index < -0.39 is 0 Å². The van der Waals surface area contributed by atoms with Gasteiger partial charge in [-0.3, -0.25) is 4.79 Å². The van der Waals surface area contributed by atoms with Crippen molar-refractivity contribution in [1.82, 2.24) is 5.32 Å². The molecule has 0 atom stereocenters. The summed E-state index contributed by atoms with van der Waals surface area (Å²) in [7, 11) is 0. The van der Waals surface area contributed by atoms with Crippen LogP contribution < -0.4 is 5.32 Å². The molecule has 3 N–H and O–H groups in total. The van der Waals surface area contributed by atoms with Gasteiger partial charge in [0.2, 0.25) is 0 Å². The summed E-state index contributed by atoms with van der Waals surface area (Å²) in [4.78, 5) is 13.8. The highest BCUT2D eigenvalue weighted by Gasteiger charge is 2.11. The van der Waals surface area contributed by atoms with Crippen LogP contribution in [0, 0.1) is 11.8 Å². The van der Waals surface area contributed by atoms with Crippen LogP contribution in [0.2, 0.25) is 0 Å². The molecule has 0 aliphatic carbocycles. The zero-order valence-electron chi connectivity index (χ0n) is 10.9. The predicted molar refractivity (Wildman–Crippen MR) is 85.3 cm³/mol. The number of amides is 1. The Bertz CT molecular complexity index is 715. The van der Waals surface area contributed by atoms with Crippen molar-refractivity contribution in [3.63, 3.8) is 0 Å². The van der Waals surface area contributed by atoms with Gasteiger partial charge in [0.1, 0.15) is 12.4 Å². The fourth-order valence-electron chi connectivity index (χ4n) is 1.62. The first-order valence-electron chi connectivity index (χ1n) is 6.05. The van der Waals surface area contributed by atoms with E-state index >= 15 is 0 Å². The van der Waals surface area contributed by atoms with Crippen LogP contribution >= 0.6 is 27.3 Å². The number of carbonyl (C=O) groups is 1. The molecule has 21 heavy (non-hydrogen) atoms. The quantitative estimate of drug-likeness (QED) is 0.731. The first-order chi connectivity index (χ1) is 10.1. The molecule has 0 radical (unpaired) electrons. The maximum atomic E-state index is 12.0. The number of carbonyl (C=O) groups excluding carboxylic acids is 1. The lowest BCUT2D eigenvalue weighted by atomic mass is 10.2. The summed E-state index contributed by atoms with van der Waals surface area (Å²) in [5, 5.41) is 21.1. The second-order valence-corrected chi connectivity index (χ2v) is 6.15. The molecule has 1 amide bonds. The summed E-state index contributed by atoms with van der Waals surface area (Å²) >= 11 is 4.71. The van der Waals surface area contributed by atoms with Crippen molar-refractivity contribution in [3.8, 4) is 17.6 Å².